The average molecular weight is 740 g/mol. The predicted octanol–water partition coefficient (Wildman–Crippen LogP) is 14.8. The van der Waals surface area contributed by atoms with Crippen molar-refractivity contribution >= 4 is 65.5 Å². The van der Waals surface area contributed by atoms with E-state index in [0.717, 1.165) is 34.7 Å². The van der Waals surface area contributed by atoms with E-state index >= 15 is 0 Å². The third-order valence-electron chi connectivity index (χ3n) is 12.2. The number of nitrogens with zero attached hydrogens (tertiary/aromatic N) is 3. The van der Waals surface area contributed by atoms with Gasteiger partial charge in [0, 0.05) is 17.7 Å². The lowest BCUT2D eigenvalue weighted by Crippen LogP contribution is -2.23. The quantitative estimate of drug-likeness (QED) is 0.164. The van der Waals surface area contributed by atoms with Crippen LogP contribution in [-0.2, 0) is 0 Å². The summed E-state index contributed by atoms with van der Waals surface area (Å²) in [6, 6.07) is 71.3. The van der Waals surface area contributed by atoms with Crippen molar-refractivity contribution in [2.45, 2.75) is 6.92 Å². The lowest BCUT2D eigenvalue weighted by molar-refractivity contribution is 0.975. The number of rotatable bonds is 5. The summed E-state index contributed by atoms with van der Waals surface area (Å²) in [5, 5.41) is 9.95. The Hall–Kier alpha value is -7.49. The van der Waals surface area contributed by atoms with Crippen LogP contribution in [0.5, 0.6) is 0 Å². The van der Waals surface area contributed by atoms with E-state index in [0.29, 0.717) is 0 Å². The molecule has 1 aliphatic heterocycles. The lowest BCUT2D eigenvalue weighted by atomic mass is 9.84. The molecule has 2 heterocycles. The van der Waals surface area contributed by atoms with Gasteiger partial charge >= 0.3 is 0 Å². The minimum atomic E-state index is 0.821. The zero-order valence-electron chi connectivity index (χ0n) is 32.0. The molecule has 0 aliphatic carbocycles. The van der Waals surface area contributed by atoms with Crippen LogP contribution in [-0.4, -0.2) is 16.1 Å². The minimum absolute atomic E-state index is 0.821. The lowest BCUT2D eigenvalue weighted by Gasteiger charge is -2.34. The van der Waals surface area contributed by atoms with Crippen LogP contribution in [0.3, 0.4) is 0 Å². The summed E-state index contributed by atoms with van der Waals surface area (Å²) in [4.78, 5) is 7.74. The van der Waals surface area contributed by atoms with Crippen LogP contribution >= 0.6 is 0 Å². The number of aromatic nitrogens is 2. The van der Waals surface area contributed by atoms with Crippen LogP contribution in [0, 0.1) is 0 Å². The standard InChI is InChI=1S/C55H37N3/c1-2-57-49-24-13-23-48-54(49)58(55(56-48)37-16-4-3-5-17-37)50-25-12-22-43(53(50)57)40-30-31-46-47(34-40)52(42-29-27-36-15-7-9-19-39(36)33-42)45-21-11-10-20-44(45)51(46)41-28-26-35-14-6-8-18-38(35)32-41/h3-34H,2H2,1H3. The molecule has 0 N–H and O–H groups in total. The fraction of sp³-hybridized carbons (Fsp3) is 0.0364. The van der Waals surface area contributed by atoms with E-state index in [1.54, 1.807) is 0 Å². The first-order valence-electron chi connectivity index (χ1n) is 20.2. The number of para-hydroxylation sites is 2. The highest BCUT2D eigenvalue weighted by atomic mass is 15.2. The van der Waals surface area contributed by atoms with E-state index in [2.05, 4.69) is 211 Å². The molecule has 0 saturated heterocycles. The fourth-order valence-electron chi connectivity index (χ4n) is 9.68. The van der Waals surface area contributed by atoms with E-state index < -0.39 is 0 Å². The molecule has 0 radical (unpaired) electrons. The van der Waals surface area contributed by atoms with Gasteiger partial charge in [-0.05, 0) is 114 Å². The molecule has 0 fully saturated rings. The van der Waals surface area contributed by atoms with Crippen molar-refractivity contribution in [1.82, 2.24) is 9.55 Å². The molecule has 0 saturated carbocycles. The van der Waals surface area contributed by atoms with Gasteiger partial charge in [-0.15, -0.1) is 0 Å². The molecule has 12 rings (SSSR count). The summed E-state index contributed by atoms with van der Waals surface area (Å²) in [7, 11) is 0. The minimum Gasteiger partial charge on any atom is -0.338 e. The molecule has 11 aromatic rings. The summed E-state index contributed by atoms with van der Waals surface area (Å²) in [5.74, 6) is 0.959. The van der Waals surface area contributed by atoms with Crippen molar-refractivity contribution in [2.24, 2.45) is 0 Å². The van der Waals surface area contributed by atoms with E-state index in [9.17, 15) is 0 Å². The number of imidazole rings is 1. The Labute approximate surface area is 336 Å². The van der Waals surface area contributed by atoms with Crippen LogP contribution in [0.4, 0.5) is 11.4 Å². The van der Waals surface area contributed by atoms with Gasteiger partial charge < -0.3 is 4.90 Å². The Balaban J connectivity index is 1.17. The van der Waals surface area contributed by atoms with Crippen LogP contribution in [0.25, 0.3) is 105 Å². The molecule has 272 valence electrons. The van der Waals surface area contributed by atoms with E-state index in [1.807, 2.05) is 0 Å². The average Bonchev–Trinajstić information content (AvgIpc) is 3.69. The second-order valence-corrected chi connectivity index (χ2v) is 15.4. The molecule has 3 heteroatoms. The van der Waals surface area contributed by atoms with Crippen LogP contribution in [0.15, 0.2) is 194 Å². The maximum atomic E-state index is 5.25. The molecule has 0 amide bonds. The van der Waals surface area contributed by atoms with Gasteiger partial charge in [0.05, 0.1) is 28.1 Å². The fourth-order valence-corrected chi connectivity index (χ4v) is 9.68. The molecule has 1 aliphatic rings. The van der Waals surface area contributed by atoms with Crippen LogP contribution in [0.1, 0.15) is 6.92 Å². The molecular weight excluding hydrogens is 703 g/mol. The van der Waals surface area contributed by atoms with E-state index in [1.165, 1.54) is 87.8 Å². The molecular formula is C55H37N3. The van der Waals surface area contributed by atoms with Gasteiger partial charge in [-0.1, -0.05) is 158 Å². The van der Waals surface area contributed by atoms with Crippen molar-refractivity contribution in [3.63, 3.8) is 0 Å². The molecule has 1 aromatic heterocycles. The van der Waals surface area contributed by atoms with Gasteiger partial charge in [-0.25, -0.2) is 4.98 Å². The highest BCUT2D eigenvalue weighted by Crippen LogP contribution is 2.51. The number of hydrogen-bond acceptors (Lipinski definition) is 2. The predicted molar refractivity (Wildman–Crippen MR) is 246 cm³/mol. The summed E-state index contributed by atoms with van der Waals surface area (Å²) in [6.45, 7) is 3.07. The monoisotopic (exact) mass is 739 g/mol. The maximum Gasteiger partial charge on any atom is 0.145 e. The molecule has 0 spiro atoms. The molecule has 0 unspecified atom stereocenters. The number of hydrogen-bond donors (Lipinski definition) is 0. The highest BCUT2D eigenvalue weighted by Gasteiger charge is 2.30. The highest BCUT2D eigenvalue weighted by molar-refractivity contribution is 6.23. The van der Waals surface area contributed by atoms with Crippen molar-refractivity contribution < 1.29 is 0 Å². The molecule has 10 aromatic carbocycles. The van der Waals surface area contributed by atoms with Gasteiger partial charge in [0.2, 0.25) is 0 Å². The number of fused-ring (bicyclic) bond motifs is 6. The Bertz CT molecular complexity index is 3450. The largest absolute Gasteiger partial charge is 0.338 e. The van der Waals surface area contributed by atoms with Crippen molar-refractivity contribution in [2.75, 3.05) is 11.4 Å². The Morgan fingerprint density at radius 1 is 0.414 bits per heavy atom. The van der Waals surface area contributed by atoms with E-state index in [-0.39, 0.29) is 0 Å². The van der Waals surface area contributed by atoms with Gasteiger partial charge in [0.1, 0.15) is 5.82 Å². The topological polar surface area (TPSA) is 21.1 Å². The zero-order valence-corrected chi connectivity index (χ0v) is 32.0. The third-order valence-corrected chi connectivity index (χ3v) is 12.2. The number of anilines is 2. The van der Waals surface area contributed by atoms with Gasteiger partial charge in [0.15, 0.2) is 0 Å². The Morgan fingerprint density at radius 2 is 0.983 bits per heavy atom. The van der Waals surface area contributed by atoms with Gasteiger partial charge in [-0.3, -0.25) is 4.57 Å². The second kappa shape index (κ2) is 12.8. The molecule has 0 atom stereocenters. The summed E-state index contributed by atoms with van der Waals surface area (Å²) >= 11 is 0. The van der Waals surface area contributed by atoms with Crippen LogP contribution < -0.4 is 4.90 Å². The Kier molecular flexibility index (Phi) is 7.21. The summed E-state index contributed by atoms with van der Waals surface area (Å²) in [6.07, 6.45) is 0. The summed E-state index contributed by atoms with van der Waals surface area (Å²) < 4.78 is 2.39. The first-order chi connectivity index (χ1) is 28.7. The van der Waals surface area contributed by atoms with Crippen LogP contribution in [0.2, 0.25) is 0 Å². The third kappa shape index (κ3) is 4.83. The zero-order chi connectivity index (χ0) is 38.3. The van der Waals surface area contributed by atoms with E-state index in [4.69, 9.17) is 4.98 Å². The molecule has 58 heavy (non-hydrogen) atoms. The SMILES string of the molecule is CCN1c2c(-c3ccc4c(-c5ccc6ccccc6c5)c5ccccc5c(-c5ccc6ccccc6c5)c4c3)cccc2-n2c(-c3ccccc3)nc3cccc1c32. The van der Waals surface area contributed by atoms with Gasteiger partial charge in [-0.2, -0.15) is 0 Å². The first-order valence-corrected chi connectivity index (χ1v) is 20.2. The maximum absolute atomic E-state index is 5.25. The Morgan fingerprint density at radius 3 is 1.67 bits per heavy atom. The summed E-state index contributed by atoms with van der Waals surface area (Å²) in [5.41, 5.74) is 14.1. The molecule has 3 nitrogen and oxygen atoms in total. The molecule has 0 bridgehead atoms. The van der Waals surface area contributed by atoms with Crippen molar-refractivity contribution in [1.29, 1.82) is 0 Å². The second-order valence-electron chi connectivity index (χ2n) is 15.4. The van der Waals surface area contributed by atoms with Crippen molar-refractivity contribution in [3.05, 3.63) is 194 Å². The van der Waals surface area contributed by atoms with Crippen molar-refractivity contribution in [3.8, 4) is 50.5 Å². The smallest absolute Gasteiger partial charge is 0.145 e. The number of benzene rings is 10. The normalized spacial score (nSPS) is 12.3. The van der Waals surface area contributed by atoms with Gasteiger partial charge in [0.25, 0.3) is 0 Å². The first kappa shape index (κ1) is 32.7.